The molecule has 0 radical (unpaired) electrons. The highest BCUT2D eigenvalue weighted by molar-refractivity contribution is 5.89. The van der Waals surface area contributed by atoms with E-state index in [1.165, 1.54) is 12.1 Å². The number of rotatable bonds is 5. The van der Waals surface area contributed by atoms with Gasteiger partial charge in [-0.25, -0.2) is 0 Å². The smallest absolute Gasteiger partial charge is 0.416 e. The maximum Gasteiger partial charge on any atom is 0.416 e. The second-order valence-electron chi connectivity index (χ2n) is 6.15. The van der Waals surface area contributed by atoms with Crippen LogP contribution in [0.15, 0.2) is 66.7 Å². The summed E-state index contributed by atoms with van der Waals surface area (Å²) in [5.74, 6) is 0.176. The second kappa shape index (κ2) is 7.70. The minimum absolute atomic E-state index is 0.00795. The van der Waals surface area contributed by atoms with Crippen LogP contribution in [-0.4, -0.2) is 12.0 Å². The summed E-state index contributed by atoms with van der Waals surface area (Å²) in [6.07, 6.45) is -5.20. The van der Waals surface area contributed by atoms with E-state index in [1.807, 2.05) is 36.4 Å². The molecule has 27 heavy (non-hydrogen) atoms. The lowest BCUT2D eigenvalue weighted by molar-refractivity contribution is -0.137. The molecule has 140 valence electrons. The number of ether oxygens (including phenoxy) is 1. The van der Waals surface area contributed by atoms with Crippen molar-refractivity contribution in [2.45, 2.75) is 25.7 Å². The van der Waals surface area contributed by atoms with Gasteiger partial charge in [0, 0.05) is 11.9 Å². The van der Waals surface area contributed by atoms with Gasteiger partial charge in [0.05, 0.1) is 5.56 Å². The number of hydrogen-bond donors (Lipinski definition) is 1. The van der Waals surface area contributed by atoms with Crippen molar-refractivity contribution >= 4 is 16.7 Å². The Morgan fingerprint density at radius 2 is 1.74 bits per heavy atom. The molecule has 3 aromatic rings. The monoisotopic (exact) mass is 373 g/mol. The Morgan fingerprint density at radius 3 is 2.52 bits per heavy atom. The maximum absolute atomic E-state index is 12.8. The number of halogens is 3. The summed E-state index contributed by atoms with van der Waals surface area (Å²) < 4.78 is 44.0. The van der Waals surface area contributed by atoms with Gasteiger partial charge in [-0.05, 0) is 36.1 Å². The molecular formula is C21H18F3NO2. The lowest BCUT2D eigenvalue weighted by Gasteiger charge is -2.16. The summed E-state index contributed by atoms with van der Waals surface area (Å²) in [6, 6.07) is 18.1. The number of amides is 1. The highest BCUT2D eigenvalue weighted by Crippen LogP contribution is 2.29. The van der Waals surface area contributed by atoms with Crippen molar-refractivity contribution in [3.05, 3.63) is 77.9 Å². The van der Waals surface area contributed by atoms with Crippen molar-refractivity contribution in [2.75, 3.05) is 0 Å². The molecule has 1 atom stereocenters. The van der Waals surface area contributed by atoms with E-state index < -0.39 is 23.8 Å². The van der Waals surface area contributed by atoms with Crippen molar-refractivity contribution in [1.82, 2.24) is 5.32 Å². The molecule has 0 spiro atoms. The van der Waals surface area contributed by atoms with E-state index in [0.29, 0.717) is 11.3 Å². The fraction of sp³-hybridized carbons (Fsp3) is 0.190. The van der Waals surface area contributed by atoms with Gasteiger partial charge in [0.25, 0.3) is 5.91 Å². The average molecular weight is 373 g/mol. The van der Waals surface area contributed by atoms with Crippen LogP contribution in [0.1, 0.15) is 18.1 Å². The van der Waals surface area contributed by atoms with E-state index in [4.69, 9.17) is 4.74 Å². The summed E-state index contributed by atoms with van der Waals surface area (Å²) in [6.45, 7) is 1.59. The Hall–Kier alpha value is -3.02. The van der Waals surface area contributed by atoms with Gasteiger partial charge in [-0.3, -0.25) is 4.79 Å². The Morgan fingerprint density at radius 1 is 1.04 bits per heavy atom. The first-order valence-electron chi connectivity index (χ1n) is 8.43. The molecule has 1 N–H and O–H groups in total. The Labute approximate surface area is 154 Å². The van der Waals surface area contributed by atoms with Crippen molar-refractivity contribution in [1.29, 1.82) is 0 Å². The third-order valence-corrected chi connectivity index (χ3v) is 4.14. The van der Waals surface area contributed by atoms with Gasteiger partial charge in [-0.2, -0.15) is 13.2 Å². The lowest BCUT2D eigenvalue weighted by atomic mass is 10.1. The molecule has 3 nitrogen and oxygen atoms in total. The van der Waals surface area contributed by atoms with E-state index in [-0.39, 0.29) is 6.54 Å². The zero-order valence-electron chi connectivity index (χ0n) is 14.6. The van der Waals surface area contributed by atoms with Crippen LogP contribution in [-0.2, 0) is 17.5 Å². The van der Waals surface area contributed by atoms with E-state index in [0.717, 1.165) is 22.9 Å². The summed E-state index contributed by atoms with van der Waals surface area (Å²) >= 11 is 0. The fourth-order valence-corrected chi connectivity index (χ4v) is 2.73. The van der Waals surface area contributed by atoms with E-state index in [9.17, 15) is 18.0 Å². The lowest BCUT2D eigenvalue weighted by Crippen LogP contribution is -2.36. The predicted octanol–water partition coefficient (Wildman–Crippen LogP) is 4.94. The van der Waals surface area contributed by atoms with Crippen LogP contribution < -0.4 is 10.1 Å². The minimum atomic E-state index is -4.41. The van der Waals surface area contributed by atoms with E-state index in [1.54, 1.807) is 13.0 Å². The third kappa shape index (κ3) is 4.58. The number of benzene rings is 3. The van der Waals surface area contributed by atoms with Gasteiger partial charge in [0.2, 0.25) is 0 Å². The topological polar surface area (TPSA) is 38.3 Å². The molecule has 1 unspecified atom stereocenters. The predicted molar refractivity (Wildman–Crippen MR) is 97.3 cm³/mol. The molecule has 6 heteroatoms. The molecule has 0 aliphatic heterocycles. The average Bonchev–Trinajstić information content (AvgIpc) is 2.66. The number of fused-ring (bicyclic) bond motifs is 1. The van der Waals surface area contributed by atoms with Crippen LogP contribution in [0.5, 0.6) is 5.75 Å². The first kappa shape index (κ1) is 18.8. The Kier molecular flexibility index (Phi) is 5.35. The van der Waals surface area contributed by atoms with Crippen LogP contribution in [0.4, 0.5) is 13.2 Å². The summed E-state index contributed by atoms with van der Waals surface area (Å²) in [5, 5.41) is 4.49. The van der Waals surface area contributed by atoms with Crippen LogP contribution in [0.2, 0.25) is 0 Å². The Bertz CT molecular complexity index is 948. The number of alkyl halides is 3. The van der Waals surface area contributed by atoms with Crippen molar-refractivity contribution in [3.63, 3.8) is 0 Å². The van der Waals surface area contributed by atoms with Gasteiger partial charge in [-0.15, -0.1) is 0 Å². The van der Waals surface area contributed by atoms with Gasteiger partial charge >= 0.3 is 6.18 Å². The highest BCUT2D eigenvalue weighted by atomic mass is 19.4. The van der Waals surface area contributed by atoms with Crippen molar-refractivity contribution in [3.8, 4) is 5.75 Å². The van der Waals surface area contributed by atoms with E-state index in [2.05, 4.69) is 5.32 Å². The quantitative estimate of drug-likeness (QED) is 0.688. The highest BCUT2D eigenvalue weighted by Gasteiger charge is 2.30. The number of carbonyl (C=O) groups excluding carboxylic acids is 1. The Balaban J connectivity index is 1.64. The molecular weight excluding hydrogens is 355 g/mol. The molecule has 0 fully saturated rings. The molecule has 0 aromatic heterocycles. The zero-order valence-corrected chi connectivity index (χ0v) is 14.6. The van der Waals surface area contributed by atoms with Gasteiger partial charge in [0.15, 0.2) is 6.10 Å². The molecule has 3 rings (SSSR count). The first-order valence-corrected chi connectivity index (χ1v) is 8.43. The van der Waals surface area contributed by atoms with Gasteiger partial charge in [-0.1, -0.05) is 48.5 Å². The first-order chi connectivity index (χ1) is 12.8. The van der Waals surface area contributed by atoms with E-state index >= 15 is 0 Å². The summed E-state index contributed by atoms with van der Waals surface area (Å²) in [5.41, 5.74) is -0.371. The summed E-state index contributed by atoms with van der Waals surface area (Å²) in [7, 11) is 0. The third-order valence-electron chi connectivity index (χ3n) is 4.14. The SMILES string of the molecule is CC(Oc1cccc2ccccc12)C(=O)NCc1cccc(C(F)(F)F)c1. The molecule has 0 aliphatic carbocycles. The maximum atomic E-state index is 12.8. The summed E-state index contributed by atoms with van der Waals surface area (Å²) in [4.78, 5) is 12.3. The van der Waals surface area contributed by atoms with Crippen LogP contribution in [0, 0.1) is 0 Å². The van der Waals surface area contributed by atoms with Crippen LogP contribution >= 0.6 is 0 Å². The largest absolute Gasteiger partial charge is 0.480 e. The van der Waals surface area contributed by atoms with Crippen molar-refractivity contribution < 1.29 is 22.7 Å². The number of hydrogen-bond acceptors (Lipinski definition) is 2. The minimum Gasteiger partial charge on any atom is -0.480 e. The second-order valence-corrected chi connectivity index (χ2v) is 6.15. The molecule has 3 aromatic carbocycles. The molecule has 0 aliphatic rings. The van der Waals surface area contributed by atoms with Gasteiger partial charge < -0.3 is 10.1 Å². The molecule has 0 saturated carbocycles. The fourth-order valence-electron chi connectivity index (χ4n) is 2.73. The number of nitrogens with one attached hydrogen (secondary N) is 1. The van der Waals surface area contributed by atoms with Crippen LogP contribution in [0.3, 0.4) is 0 Å². The molecule has 1 amide bonds. The number of carbonyl (C=O) groups is 1. The standard InChI is InChI=1S/C21H18F3NO2/c1-14(27-19-11-5-8-16-7-2-3-10-18(16)19)20(26)25-13-15-6-4-9-17(12-15)21(22,23)24/h2-12,14H,13H2,1H3,(H,25,26). The molecule has 0 saturated heterocycles. The van der Waals surface area contributed by atoms with Crippen LogP contribution in [0.25, 0.3) is 10.8 Å². The normalized spacial score (nSPS) is 12.6. The molecule has 0 heterocycles. The molecule has 0 bridgehead atoms. The van der Waals surface area contributed by atoms with Gasteiger partial charge in [0.1, 0.15) is 5.75 Å². The van der Waals surface area contributed by atoms with Crippen molar-refractivity contribution in [2.24, 2.45) is 0 Å². The zero-order chi connectivity index (χ0) is 19.4.